The molecule has 0 aliphatic heterocycles. The zero-order valence-corrected chi connectivity index (χ0v) is 12.1. The molecule has 0 saturated heterocycles. The average Bonchev–Trinajstić information content (AvgIpc) is 2.40. The summed E-state index contributed by atoms with van der Waals surface area (Å²) in [6.45, 7) is 1.74. The van der Waals surface area contributed by atoms with Crippen molar-refractivity contribution in [2.75, 3.05) is 5.75 Å². The molecule has 0 fully saturated rings. The molecular formula is C15H15ClFNS. The zero-order chi connectivity index (χ0) is 13.8. The SMILES string of the molecule is Cc1ccc(C(N)CSc2ccccc2Cl)cc1F. The molecule has 0 aliphatic carbocycles. The fourth-order valence-corrected chi connectivity index (χ4v) is 2.91. The maximum absolute atomic E-state index is 13.5. The average molecular weight is 296 g/mol. The highest BCUT2D eigenvalue weighted by molar-refractivity contribution is 7.99. The predicted molar refractivity (Wildman–Crippen MR) is 80.2 cm³/mol. The standard InChI is InChI=1S/C15H15ClFNS/c1-10-6-7-11(8-13(10)17)14(18)9-19-15-5-3-2-4-12(15)16/h2-8,14H,9,18H2,1H3. The molecule has 1 nitrogen and oxygen atoms in total. The van der Waals surface area contributed by atoms with Gasteiger partial charge in [-0.3, -0.25) is 0 Å². The number of hydrogen-bond donors (Lipinski definition) is 1. The number of thioether (sulfide) groups is 1. The molecule has 2 N–H and O–H groups in total. The summed E-state index contributed by atoms with van der Waals surface area (Å²) in [6.07, 6.45) is 0. The van der Waals surface area contributed by atoms with Gasteiger partial charge < -0.3 is 5.73 Å². The number of rotatable bonds is 4. The van der Waals surface area contributed by atoms with Crippen LogP contribution in [0.1, 0.15) is 17.2 Å². The molecule has 19 heavy (non-hydrogen) atoms. The lowest BCUT2D eigenvalue weighted by Crippen LogP contribution is -2.13. The fourth-order valence-electron chi connectivity index (χ4n) is 1.68. The van der Waals surface area contributed by atoms with Crippen molar-refractivity contribution in [1.29, 1.82) is 0 Å². The van der Waals surface area contributed by atoms with Gasteiger partial charge in [-0.25, -0.2) is 4.39 Å². The van der Waals surface area contributed by atoms with Gasteiger partial charge in [-0.1, -0.05) is 35.9 Å². The molecule has 0 heterocycles. The van der Waals surface area contributed by atoms with Crippen LogP contribution in [0.5, 0.6) is 0 Å². The van der Waals surface area contributed by atoms with Gasteiger partial charge in [0.15, 0.2) is 0 Å². The number of nitrogens with two attached hydrogens (primary N) is 1. The van der Waals surface area contributed by atoms with Crippen molar-refractivity contribution in [3.8, 4) is 0 Å². The van der Waals surface area contributed by atoms with Gasteiger partial charge in [0.05, 0.1) is 5.02 Å². The molecule has 2 aromatic rings. The number of aryl methyl sites for hydroxylation is 1. The molecule has 0 radical (unpaired) electrons. The minimum atomic E-state index is -0.212. The molecule has 1 atom stereocenters. The van der Waals surface area contributed by atoms with E-state index >= 15 is 0 Å². The van der Waals surface area contributed by atoms with Crippen LogP contribution < -0.4 is 5.73 Å². The van der Waals surface area contributed by atoms with E-state index in [-0.39, 0.29) is 11.9 Å². The molecule has 0 aliphatic rings. The first-order chi connectivity index (χ1) is 9.08. The molecule has 0 bridgehead atoms. The third-order valence-corrected chi connectivity index (χ3v) is 4.51. The summed E-state index contributed by atoms with van der Waals surface area (Å²) in [6, 6.07) is 12.5. The second-order valence-electron chi connectivity index (χ2n) is 4.36. The van der Waals surface area contributed by atoms with Gasteiger partial charge >= 0.3 is 0 Å². The first-order valence-electron chi connectivity index (χ1n) is 5.97. The quantitative estimate of drug-likeness (QED) is 0.836. The van der Waals surface area contributed by atoms with Gasteiger partial charge in [-0.2, -0.15) is 0 Å². The zero-order valence-electron chi connectivity index (χ0n) is 10.6. The van der Waals surface area contributed by atoms with Gasteiger partial charge in [0.2, 0.25) is 0 Å². The van der Waals surface area contributed by atoms with E-state index in [1.807, 2.05) is 30.3 Å². The lowest BCUT2D eigenvalue weighted by Gasteiger charge is -2.13. The molecule has 1 unspecified atom stereocenters. The van der Waals surface area contributed by atoms with Crippen molar-refractivity contribution in [3.63, 3.8) is 0 Å². The summed E-state index contributed by atoms with van der Waals surface area (Å²) in [5.41, 5.74) is 7.52. The molecule has 100 valence electrons. The number of halogens is 2. The highest BCUT2D eigenvalue weighted by atomic mass is 35.5. The van der Waals surface area contributed by atoms with Gasteiger partial charge in [0, 0.05) is 16.7 Å². The maximum Gasteiger partial charge on any atom is 0.126 e. The van der Waals surface area contributed by atoms with E-state index in [9.17, 15) is 4.39 Å². The van der Waals surface area contributed by atoms with E-state index in [0.29, 0.717) is 11.3 Å². The van der Waals surface area contributed by atoms with Crippen LogP contribution in [0.15, 0.2) is 47.4 Å². The summed E-state index contributed by atoms with van der Waals surface area (Å²) in [5, 5.41) is 0.717. The molecule has 0 spiro atoms. The summed E-state index contributed by atoms with van der Waals surface area (Å²) in [4.78, 5) is 0.993. The first kappa shape index (κ1) is 14.4. The van der Waals surface area contributed by atoms with Crippen LogP contribution >= 0.6 is 23.4 Å². The van der Waals surface area contributed by atoms with Crippen LogP contribution in [-0.2, 0) is 0 Å². The van der Waals surface area contributed by atoms with Gasteiger partial charge in [0.1, 0.15) is 5.82 Å². The Balaban J connectivity index is 2.03. The Hall–Kier alpha value is -1.03. The van der Waals surface area contributed by atoms with E-state index in [1.165, 1.54) is 6.07 Å². The molecule has 4 heteroatoms. The second-order valence-corrected chi connectivity index (χ2v) is 5.83. The van der Waals surface area contributed by atoms with Crippen LogP contribution in [0, 0.1) is 12.7 Å². The van der Waals surface area contributed by atoms with Gasteiger partial charge in [-0.05, 0) is 36.2 Å². The highest BCUT2D eigenvalue weighted by Gasteiger charge is 2.10. The van der Waals surface area contributed by atoms with Crippen molar-refractivity contribution >= 4 is 23.4 Å². The van der Waals surface area contributed by atoms with E-state index in [2.05, 4.69) is 0 Å². The largest absolute Gasteiger partial charge is 0.323 e. The third-order valence-electron chi connectivity index (χ3n) is 2.88. The molecule has 0 amide bonds. The van der Waals surface area contributed by atoms with Crippen LogP contribution in [0.2, 0.25) is 5.02 Å². The lowest BCUT2D eigenvalue weighted by atomic mass is 10.1. The Kier molecular flexibility index (Phi) is 4.86. The van der Waals surface area contributed by atoms with Crippen LogP contribution in [0.4, 0.5) is 4.39 Å². The minimum Gasteiger partial charge on any atom is -0.323 e. The maximum atomic E-state index is 13.5. The van der Waals surface area contributed by atoms with Gasteiger partial charge in [-0.15, -0.1) is 11.8 Å². The monoisotopic (exact) mass is 295 g/mol. The Labute approximate surface area is 122 Å². The fraction of sp³-hybridized carbons (Fsp3) is 0.200. The summed E-state index contributed by atoms with van der Waals surface area (Å²) in [7, 11) is 0. The van der Waals surface area contributed by atoms with Gasteiger partial charge in [0.25, 0.3) is 0 Å². The predicted octanol–water partition coefficient (Wildman–Crippen LogP) is 4.58. The van der Waals surface area contributed by atoms with Crippen molar-refractivity contribution in [3.05, 3.63) is 64.4 Å². The third kappa shape index (κ3) is 3.72. The smallest absolute Gasteiger partial charge is 0.126 e. The molecule has 0 aromatic heterocycles. The number of benzene rings is 2. The molecule has 2 aromatic carbocycles. The summed E-state index contributed by atoms with van der Waals surface area (Å²) >= 11 is 7.66. The van der Waals surface area contributed by atoms with Crippen LogP contribution in [0.25, 0.3) is 0 Å². The minimum absolute atomic E-state index is 0.212. The Bertz CT molecular complexity index is 574. The highest BCUT2D eigenvalue weighted by Crippen LogP contribution is 2.29. The Morgan fingerprint density at radius 3 is 2.68 bits per heavy atom. The van der Waals surface area contributed by atoms with E-state index in [4.69, 9.17) is 17.3 Å². The topological polar surface area (TPSA) is 26.0 Å². The van der Waals surface area contributed by atoms with Crippen molar-refractivity contribution < 1.29 is 4.39 Å². The molecule has 0 saturated carbocycles. The Morgan fingerprint density at radius 2 is 2.00 bits per heavy atom. The molecular weight excluding hydrogens is 281 g/mol. The van der Waals surface area contributed by atoms with Crippen LogP contribution in [-0.4, -0.2) is 5.75 Å². The van der Waals surface area contributed by atoms with Crippen LogP contribution in [0.3, 0.4) is 0 Å². The lowest BCUT2D eigenvalue weighted by molar-refractivity contribution is 0.613. The molecule has 2 rings (SSSR count). The van der Waals surface area contributed by atoms with E-state index < -0.39 is 0 Å². The number of hydrogen-bond acceptors (Lipinski definition) is 2. The first-order valence-corrected chi connectivity index (χ1v) is 7.33. The Morgan fingerprint density at radius 1 is 1.26 bits per heavy atom. The summed E-state index contributed by atoms with van der Waals surface area (Å²) < 4.78 is 13.5. The second kappa shape index (κ2) is 6.42. The normalized spacial score (nSPS) is 12.4. The summed E-state index contributed by atoms with van der Waals surface area (Å²) in [5.74, 6) is 0.447. The van der Waals surface area contributed by atoms with Crippen molar-refractivity contribution in [1.82, 2.24) is 0 Å². The van der Waals surface area contributed by atoms with Crippen molar-refractivity contribution in [2.45, 2.75) is 17.9 Å². The van der Waals surface area contributed by atoms with Crippen molar-refractivity contribution in [2.24, 2.45) is 5.73 Å². The van der Waals surface area contributed by atoms with E-state index in [1.54, 1.807) is 24.8 Å². The van der Waals surface area contributed by atoms with E-state index in [0.717, 1.165) is 15.5 Å².